The number of rotatable bonds is 0. The zero-order chi connectivity index (χ0) is 4.41. The molecule has 0 saturated heterocycles. The molecular weight excluding hydrogens is 76.1 g/mol. The van der Waals surface area contributed by atoms with E-state index in [-0.39, 0.29) is 0 Å². The number of hydrogen-bond donors (Lipinski definition) is 1. The Morgan fingerprint density at radius 3 is 2.83 bits per heavy atom. The van der Waals surface area contributed by atoms with E-state index in [9.17, 15) is 0 Å². The van der Waals surface area contributed by atoms with Gasteiger partial charge in [-0.1, -0.05) is 0 Å². The van der Waals surface area contributed by atoms with Crippen LogP contribution in [0.2, 0.25) is 0 Å². The topological polar surface area (TPSA) is 19.9 Å². The second kappa shape index (κ2) is 1.30. The summed E-state index contributed by atoms with van der Waals surface area (Å²) in [7, 11) is 2.06. The van der Waals surface area contributed by atoms with Gasteiger partial charge in [-0.25, -0.2) is 0 Å². The van der Waals surface area contributed by atoms with Gasteiger partial charge < -0.3 is 10.2 Å². The lowest BCUT2D eigenvalue weighted by Gasteiger charge is -1.98. The number of hydrogen-bond acceptors (Lipinski definition) is 1. The summed E-state index contributed by atoms with van der Waals surface area (Å²) in [5.74, 6) is 0. The molecule has 0 amide bonds. The molecule has 1 aliphatic rings. The minimum absolute atomic E-state index is 1.08. The summed E-state index contributed by atoms with van der Waals surface area (Å²) in [6.45, 7) is 1.08. The van der Waals surface area contributed by atoms with Crippen molar-refractivity contribution in [2.75, 3.05) is 13.7 Å². The van der Waals surface area contributed by atoms with E-state index in [1.165, 1.54) is 0 Å². The zero-order valence-corrected chi connectivity index (χ0v) is 3.89. The van der Waals surface area contributed by atoms with Crippen LogP contribution in [0.25, 0.3) is 0 Å². The zero-order valence-electron chi connectivity index (χ0n) is 3.89. The van der Waals surface area contributed by atoms with Crippen molar-refractivity contribution in [1.29, 1.82) is 0 Å². The van der Waals surface area contributed by atoms with Crippen molar-refractivity contribution in [2.45, 2.75) is 0 Å². The monoisotopic (exact) mass is 85.1 g/mol. The summed E-state index contributed by atoms with van der Waals surface area (Å²) in [6.07, 6.45) is 4.11. The van der Waals surface area contributed by atoms with E-state index >= 15 is 0 Å². The predicted octanol–water partition coefficient (Wildman–Crippen LogP) is -1.08. The Kier molecular flexibility index (Phi) is 0.801. The van der Waals surface area contributed by atoms with Crippen LogP contribution in [-0.2, 0) is 0 Å². The summed E-state index contributed by atoms with van der Waals surface area (Å²) in [5.41, 5.74) is 0. The molecule has 0 spiro atoms. The summed E-state index contributed by atoms with van der Waals surface area (Å²) >= 11 is 0. The van der Waals surface area contributed by atoms with Crippen LogP contribution in [-0.4, -0.2) is 18.6 Å². The van der Waals surface area contributed by atoms with Crippen LogP contribution < -0.4 is 5.32 Å². The Morgan fingerprint density at radius 2 is 2.67 bits per heavy atom. The van der Waals surface area contributed by atoms with Crippen LogP contribution in [0.4, 0.5) is 0 Å². The second-order valence-corrected chi connectivity index (χ2v) is 1.52. The first kappa shape index (κ1) is 3.68. The second-order valence-electron chi connectivity index (χ2n) is 1.52. The SMILES string of the molecule is CN1C=C[NH2+]C1. The van der Waals surface area contributed by atoms with Crippen molar-refractivity contribution in [2.24, 2.45) is 0 Å². The molecule has 0 bridgehead atoms. The van der Waals surface area contributed by atoms with Crippen LogP contribution in [0.3, 0.4) is 0 Å². The summed E-state index contributed by atoms with van der Waals surface area (Å²) in [5, 5.41) is 2.12. The van der Waals surface area contributed by atoms with Crippen molar-refractivity contribution >= 4 is 0 Å². The van der Waals surface area contributed by atoms with Gasteiger partial charge in [-0.3, -0.25) is 0 Å². The lowest BCUT2D eigenvalue weighted by atomic mass is 10.9. The fourth-order valence-corrected chi connectivity index (χ4v) is 0.496. The molecule has 2 N–H and O–H groups in total. The first-order valence-electron chi connectivity index (χ1n) is 2.10. The summed E-state index contributed by atoms with van der Waals surface area (Å²) in [4.78, 5) is 2.12. The molecule has 0 aromatic rings. The Morgan fingerprint density at radius 1 is 1.83 bits per heavy atom. The molecule has 0 aliphatic carbocycles. The van der Waals surface area contributed by atoms with Gasteiger partial charge in [0, 0.05) is 7.05 Å². The van der Waals surface area contributed by atoms with E-state index in [0.717, 1.165) is 6.67 Å². The normalized spacial score (nSPS) is 19.8. The molecule has 0 radical (unpaired) electrons. The van der Waals surface area contributed by atoms with Crippen LogP contribution in [0, 0.1) is 0 Å². The van der Waals surface area contributed by atoms with Gasteiger partial charge in [0.05, 0.1) is 6.20 Å². The third-order valence-corrected chi connectivity index (χ3v) is 0.870. The molecule has 34 valence electrons. The van der Waals surface area contributed by atoms with Crippen LogP contribution in [0.1, 0.15) is 0 Å². The maximum Gasteiger partial charge on any atom is 0.155 e. The minimum atomic E-state index is 1.08. The molecule has 1 heterocycles. The van der Waals surface area contributed by atoms with Crippen molar-refractivity contribution in [3.05, 3.63) is 12.4 Å². The fourth-order valence-electron chi connectivity index (χ4n) is 0.496. The number of quaternary nitrogens is 1. The average Bonchev–Trinajstić information content (AvgIpc) is 1.86. The van der Waals surface area contributed by atoms with Gasteiger partial charge in [0.1, 0.15) is 6.20 Å². The lowest BCUT2D eigenvalue weighted by Crippen LogP contribution is -2.77. The van der Waals surface area contributed by atoms with Gasteiger partial charge >= 0.3 is 0 Å². The Bertz CT molecular complexity index is 67.9. The average molecular weight is 85.1 g/mol. The molecule has 0 saturated carbocycles. The van der Waals surface area contributed by atoms with Gasteiger partial charge in [0.2, 0.25) is 0 Å². The molecule has 0 aromatic heterocycles. The highest BCUT2D eigenvalue weighted by atomic mass is 15.2. The van der Waals surface area contributed by atoms with Gasteiger partial charge in [-0.05, 0) is 0 Å². The molecule has 2 nitrogen and oxygen atoms in total. The molecule has 1 aliphatic heterocycles. The lowest BCUT2D eigenvalue weighted by molar-refractivity contribution is -0.591. The van der Waals surface area contributed by atoms with Crippen molar-refractivity contribution in [3.63, 3.8) is 0 Å². The van der Waals surface area contributed by atoms with E-state index in [1.54, 1.807) is 0 Å². The molecule has 0 fully saturated rings. The molecule has 0 unspecified atom stereocenters. The van der Waals surface area contributed by atoms with Crippen LogP contribution in [0.5, 0.6) is 0 Å². The molecule has 2 heteroatoms. The van der Waals surface area contributed by atoms with Gasteiger partial charge in [-0.2, -0.15) is 0 Å². The first-order chi connectivity index (χ1) is 2.89. The highest BCUT2D eigenvalue weighted by molar-refractivity contribution is 4.71. The van der Waals surface area contributed by atoms with Gasteiger partial charge in [0.25, 0.3) is 0 Å². The third kappa shape index (κ3) is 0.518. The maximum absolute atomic E-state index is 2.12. The van der Waals surface area contributed by atoms with Crippen LogP contribution >= 0.6 is 0 Å². The van der Waals surface area contributed by atoms with E-state index in [4.69, 9.17) is 0 Å². The molecule has 0 atom stereocenters. The third-order valence-electron chi connectivity index (χ3n) is 0.870. The Labute approximate surface area is 37.4 Å². The van der Waals surface area contributed by atoms with Gasteiger partial charge in [-0.15, -0.1) is 0 Å². The Balaban J connectivity index is 2.38. The highest BCUT2D eigenvalue weighted by Gasteiger charge is 1.95. The minimum Gasteiger partial charge on any atom is -0.329 e. The number of nitrogens with two attached hydrogens (primary N) is 1. The molecular formula is C4H9N2+. The highest BCUT2D eigenvalue weighted by Crippen LogP contribution is 1.77. The maximum atomic E-state index is 2.12. The Hall–Kier alpha value is -0.500. The summed E-state index contributed by atoms with van der Waals surface area (Å²) in [6, 6.07) is 0. The standard InChI is InChI=1S/C4H8N2/c1-6-3-2-5-4-6/h2-3,5H,4H2,1H3/p+1. The van der Waals surface area contributed by atoms with E-state index in [2.05, 4.69) is 29.7 Å². The van der Waals surface area contributed by atoms with E-state index in [0.29, 0.717) is 0 Å². The number of nitrogens with zero attached hydrogens (tertiary/aromatic N) is 1. The van der Waals surface area contributed by atoms with Gasteiger partial charge in [0.15, 0.2) is 6.67 Å². The molecule has 0 aromatic carbocycles. The van der Waals surface area contributed by atoms with Crippen molar-refractivity contribution in [3.8, 4) is 0 Å². The summed E-state index contributed by atoms with van der Waals surface area (Å²) < 4.78 is 0. The van der Waals surface area contributed by atoms with E-state index < -0.39 is 0 Å². The van der Waals surface area contributed by atoms with Crippen molar-refractivity contribution in [1.82, 2.24) is 4.90 Å². The van der Waals surface area contributed by atoms with Crippen molar-refractivity contribution < 1.29 is 5.32 Å². The molecule has 1 rings (SSSR count). The largest absolute Gasteiger partial charge is 0.329 e. The van der Waals surface area contributed by atoms with Crippen LogP contribution in [0.15, 0.2) is 12.4 Å². The smallest absolute Gasteiger partial charge is 0.155 e. The fraction of sp³-hybridized carbons (Fsp3) is 0.500. The quantitative estimate of drug-likeness (QED) is 0.397. The van der Waals surface area contributed by atoms with E-state index in [1.807, 2.05) is 0 Å². The molecule has 6 heavy (non-hydrogen) atoms. The predicted molar refractivity (Wildman–Crippen MR) is 23.7 cm³/mol. The first-order valence-corrected chi connectivity index (χ1v) is 2.10.